The topological polar surface area (TPSA) is 74.8 Å². The van der Waals surface area contributed by atoms with Crippen LogP contribution in [-0.4, -0.2) is 32.6 Å². The summed E-state index contributed by atoms with van der Waals surface area (Å²) in [5.41, 5.74) is 1.90. The summed E-state index contributed by atoms with van der Waals surface area (Å²) in [5, 5.41) is 8.84. The highest BCUT2D eigenvalue weighted by molar-refractivity contribution is 14.0. The number of halogens is 2. The highest BCUT2D eigenvalue weighted by Crippen LogP contribution is 2.10. The van der Waals surface area contributed by atoms with Gasteiger partial charge in [0.2, 0.25) is 5.91 Å². The average Bonchev–Trinajstić information content (AvgIpc) is 2.68. The van der Waals surface area contributed by atoms with Crippen LogP contribution in [0.5, 0.6) is 5.75 Å². The van der Waals surface area contributed by atoms with E-state index in [1.54, 1.807) is 26.3 Å². The molecule has 3 N–H and O–H groups in total. The van der Waals surface area contributed by atoms with Gasteiger partial charge in [-0.2, -0.15) is 0 Å². The molecule has 2 rings (SSSR count). The Balaban J connectivity index is 0.00000364. The van der Waals surface area contributed by atoms with Crippen molar-refractivity contribution >= 4 is 35.8 Å². The van der Waals surface area contributed by atoms with Crippen LogP contribution in [-0.2, 0) is 17.9 Å². The molecule has 146 valence electrons. The van der Waals surface area contributed by atoms with E-state index >= 15 is 0 Å². The van der Waals surface area contributed by atoms with Crippen molar-refractivity contribution in [3.05, 3.63) is 65.5 Å². The molecule has 6 nitrogen and oxygen atoms in total. The number of amides is 1. The van der Waals surface area contributed by atoms with E-state index < -0.39 is 0 Å². The predicted octanol–water partition coefficient (Wildman–Crippen LogP) is 2.43. The average molecular weight is 486 g/mol. The number of guanidine groups is 1. The quantitative estimate of drug-likeness (QED) is 0.320. The number of methoxy groups -OCH3 is 1. The zero-order chi connectivity index (χ0) is 18.8. The number of carbonyl (C=O) groups excluding carboxylic acids is 1. The fourth-order valence-electron chi connectivity index (χ4n) is 2.18. The van der Waals surface area contributed by atoms with E-state index in [1.165, 1.54) is 12.1 Å². The van der Waals surface area contributed by atoms with Crippen LogP contribution in [0.3, 0.4) is 0 Å². The first-order valence-electron chi connectivity index (χ1n) is 8.19. The molecule has 0 fully saturated rings. The number of hydrogen-bond donors (Lipinski definition) is 3. The molecular formula is C19H24FIN4O2. The van der Waals surface area contributed by atoms with E-state index in [4.69, 9.17) is 4.74 Å². The Morgan fingerprint density at radius 3 is 2.07 bits per heavy atom. The fraction of sp³-hybridized carbons (Fsp3) is 0.263. The lowest BCUT2D eigenvalue weighted by molar-refractivity contribution is -0.120. The number of nitrogens with one attached hydrogen (secondary N) is 3. The second-order valence-corrected chi connectivity index (χ2v) is 5.53. The highest BCUT2D eigenvalue weighted by Gasteiger charge is 2.04. The molecule has 0 unspecified atom stereocenters. The molecule has 0 aliphatic carbocycles. The summed E-state index contributed by atoms with van der Waals surface area (Å²) < 4.78 is 18.0. The Labute approximate surface area is 175 Å². The molecule has 0 aliphatic heterocycles. The maximum absolute atomic E-state index is 12.9. The Hall–Kier alpha value is -2.36. The van der Waals surface area contributed by atoms with Gasteiger partial charge in [-0.05, 0) is 35.4 Å². The maximum atomic E-state index is 12.9. The second-order valence-electron chi connectivity index (χ2n) is 5.53. The predicted molar refractivity (Wildman–Crippen MR) is 115 cm³/mol. The molecule has 0 spiro atoms. The van der Waals surface area contributed by atoms with Crippen molar-refractivity contribution in [1.82, 2.24) is 16.0 Å². The molecule has 2 aromatic rings. The summed E-state index contributed by atoms with van der Waals surface area (Å²) in [7, 11) is 3.23. The van der Waals surface area contributed by atoms with Gasteiger partial charge in [0.15, 0.2) is 5.96 Å². The molecule has 2 aromatic carbocycles. The van der Waals surface area contributed by atoms with Gasteiger partial charge >= 0.3 is 0 Å². The summed E-state index contributed by atoms with van der Waals surface area (Å²) >= 11 is 0. The number of benzene rings is 2. The molecule has 0 saturated carbocycles. The lowest BCUT2D eigenvalue weighted by Crippen LogP contribution is -2.42. The van der Waals surface area contributed by atoms with Gasteiger partial charge in [0.25, 0.3) is 0 Å². The maximum Gasteiger partial charge on any atom is 0.239 e. The number of ether oxygens (including phenoxy) is 1. The Morgan fingerprint density at radius 1 is 0.963 bits per heavy atom. The van der Waals surface area contributed by atoms with E-state index in [-0.39, 0.29) is 42.2 Å². The number of carbonyl (C=O) groups is 1. The summed E-state index contributed by atoms with van der Waals surface area (Å²) in [6.45, 7) is 1.01. The number of rotatable bonds is 7. The first-order valence-corrected chi connectivity index (χ1v) is 8.19. The van der Waals surface area contributed by atoms with Crippen LogP contribution in [0.4, 0.5) is 4.39 Å². The normalized spacial score (nSPS) is 10.6. The summed E-state index contributed by atoms with van der Waals surface area (Å²) in [5.74, 6) is 0.849. The van der Waals surface area contributed by atoms with Crippen molar-refractivity contribution in [3.63, 3.8) is 0 Å². The Kier molecular flexibility index (Phi) is 10.2. The van der Waals surface area contributed by atoms with Crippen LogP contribution in [0, 0.1) is 5.82 Å². The van der Waals surface area contributed by atoms with Crippen molar-refractivity contribution in [2.45, 2.75) is 13.1 Å². The molecule has 0 bridgehead atoms. The first-order chi connectivity index (χ1) is 12.6. The SMILES string of the molecule is CN=C(NCC(=O)NCc1ccc(OC)cc1)NCc1ccc(F)cc1.I. The first kappa shape index (κ1) is 22.7. The van der Waals surface area contributed by atoms with Crippen LogP contribution < -0.4 is 20.7 Å². The van der Waals surface area contributed by atoms with Crippen LogP contribution in [0.2, 0.25) is 0 Å². The molecule has 8 heteroatoms. The van der Waals surface area contributed by atoms with E-state index in [9.17, 15) is 9.18 Å². The molecule has 0 radical (unpaired) electrons. The molecule has 0 heterocycles. The Morgan fingerprint density at radius 2 is 1.52 bits per heavy atom. The van der Waals surface area contributed by atoms with Crippen molar-refractivity contribution in [2.75, 3.05) is 20.7 Å². The number of nitrogens with zero attached hydrogens (tertiary/aromatic N) is 1. The third kappa shape index (κ3) is 8.25. The van der Waals surface area contributed by atoms with Gasteiger partial charge in [0, 0.05) is 20.1 Å². The fourth-order valence-corrected chi connectivity index (χ4v) is 2.18. The molecule has 0 aliphatic rings. The third-order valence-electron chi connectivity index (χ3n) is 3.66. The minimum atomic E-state index is -0.273. The van der Waals surface area contributed by atoms with Gasteiger partial charge in [-0.25, -0.2) is 4.39 Å². The van der Waals surface area contributed by atoms with Gasteiger partial charge in [-0.1, -0.05) is 24.3 Å². The molecule has 27 heavy (non-hydrogen) atoms. The van der Waals surface area contributed by atoms with Gasteiger partial charge in [-0.15, -0.1) is 24.0 Å². The molecule has 1 amide bonds. The lowest BCUT2D eigenvalue weighted by atomic mass is 10.2. The smallest absolute Gasteiger partial charge is 0.239 e. The van der Waals surface area contributed by atoms with Crippen molar-refractivity contribution in [3.8, 4) is 5.75 Å². The monoisotopic (exact) mass is 486 g/mol. The minimum absolute atomic E-state index is 0. The van der Waals surface area contributed by atoms with E-state index in [0.29, 0.717) is 19.0 Å². The van der Waals surface area contributed by atoms with Gasteiger partial charge < -0.3 is 20.7 Å². The van der Waals surface area contributed by atoms with Gasteiger partial charge in [0.05, 0.1) is 13.7 Å². The van der Waals surface area contributed by atoms with Gasteiger partial charge in [-0.3, -0.25) is 9.79 Å². The van der Waals surface area contributed by atoms with E-state index in [2.05, 4.69) is 20.9 Å². The van der Waals surface area contributed by atoms with Crippen LogP contribution in [0.25, 0.3) is 0 Å². The number of hydrogen-bond acceptors (Lipinski definition) is 3. The largest absolute Gasteiger partial charge is 0.497 e. The number of aliphatic imine (C=N–C) groups is 1. The van der Waals surface area contributed by atoms with Crippen LogP contribution >= 0.6 is 24.0 Å². The van der Waals surface area contributed by atoms with Crippen molar-refractivity contribution in [2.24, 2.45) is 4.99 Å². The summed E-state index contributed by atoms with van der Waals surface area (Å²) in [6.07, 6.45) is 0. The minimum Gasteiger partial charge on any atom is -0.497 e. The molecular weight excluding hydrogens is 462 g/mol. The zero-order valence-electron chi connectivity index (χ0n) is 15.3. The Bertz CT molecular complexity index is 736. The molecule has 0 aromatic heterocycles. The molecule has 0 atom stereocenters. The molecule has 0 saturated heterocycles. The zero-order valence-corrected chi connectivity index (χ0v) is 17.6. The standard InChI is InChI=1S/C19H23FN4O2.HI/c1-21-19(23-12-14-3-7-16(20)8-4-14)24-13-18(25)22-11-15-5-9-17(26-2)10-6-15;/h3-10H,11-13H2,1-2H3,(H,22,25)(H2,21,23,24);1H. The van der Waals surface area contributed by atoms with Gasteiger partial charge in [0.1, 0.15) is 11.6 Å². The summed E-state index contributed by atoms with van der Waals surface area (Å²) in [4.78, 5) is 16.0. The van der Waals surface area contributed by atoms with E-state index in [1.807, 2.05) is 24.3 Å². The van der Waals surface area contributed by atoms with Crippen LogP contribution in [0.1, 0.15) is 11.1 Å². The van der Waals surface area contributed by atoms with Crippen molar-refractivity contribution < 1.29 is 13.9 Å². The van der Waals surface area contributed by atoms with Crippen molar-refractivity contribution in [1.29, 1.82) is 0 Å². The second kappa shape index (κ2) is 12.1. The highest BCUT2D eigenvalue weighted by atomic mass is 127. The summed E-state index contributed by atoms with van der Waals surface area (Å²) in [6, 6.07) is 13.7. The third-order valence-corrected chi connectivity index (χ3v) is 3.66. The lowest BCUT2D eigenvalue weighted by Gasteiger charge is -2.12. The van der Waals surface area contributed by atoms with Crippen LogP contribution in [0.15, 0.2) is 53.5 Å². The van der Waals surface area contributed by atoms with E-state index in [0.717, 1.165) is 16.9 Å².